The van der Waals surface area contributed by atoms with E-state index < -0.39 is 0 Å². The van der Waals surface area contributed by atoms with Crippen LogP contribution in [0.1, 0.15) is 35.2 Å². The molecule has 3 aromatic rings. The predicted molar refractivity (Wildman–Crippen MR) is 110 cm³/mol. The zero-order chi connectivity index (χ0) is 18.8. The van der Waals surface area contributed by atoms with E-state index in [1.165, 1.54) is 16.5 Å². The van der Waals surface area contributed by atoms with Crippen LogP contribution < -0.4 is 0 Å². The molecule has 2 aromatic heterocycles. The molecule has 0 bridgehead atoms. The van der Waals surface area contributed by atoms with E-state index in [2.05, 4.69) is 22.1 Å². The standard InChI is InChI=1S/C20H22N4OS2/c1-13-10-14(2)22-20(21-13)26-12-18(25)24-9-5-6-15(11-24)19-23-16-7-3-4-8-17(16)27-19/h3-4,7-8,10,15H,5-6,9,11-12H2,1-2H3/t15-/m1/s1. The van der Waals surface area contributed by atoms with Crippen LogP contribution in [0.2, 0.25) is 0 Å². The van der Waals surface area contributed by atoms with Crippen LogP contribution in [-0.2, 0) is 4.79 Å². The molecule has 4 rings (SSSR count). The number of hydrogen-bond donors (Lipinski definition) is 0. The maximum atomic E-state index is 12.7. The van der Waals surface area contributed by atoms with E-state index in [4.69, 9.17) is 4.98 Å². The minimum absolute atomic E-state index is 0.161. The lowest BCUT2D eigenvalue weighted by Gasteiger charge is -2.31. The first-order valence-electron chi connectivity index (χ1n) is 9.17. The van der Waals surface area contributed by atoms with Crippen LogP contribution in [0.5, 0.6) is 0 Å². The van der Waals surface area contributed by atoms with Gasteiger partial charge in [-0.05, 0) is 44.9 Å². The van der Waals surface area contributed by atoms with Gasteiger partial charge in [0, 0.05) is 30.4 Å². The number of aromatic nitrogens is 3. The molecule has 1 saturated heterocycles. The van der Waals surface area contributed by atoms with Crippen molar-refractivity contribution in [3.8, 4) is 0 Å². The minimum Gasteiger partial charge on any atom is -0.341 e. The number of aryl methyl sites for hydroxylation is 2. The molecule has 0 saturated carbocycles. The van der Waals surface area contributed by atoms with Crippen molar-refractivity contribution in [1.29, 1.82) is 0 Å². The average molecular weight is 399 g/mol. The number of carbonyl (C=O) groups excluding carboxylic acids is 1. The lowest BCUT2D eigenvalue weighted by Crippen LogP contribution is -2.40. The lowest BCUT2D eigenvalue weighted by atomic mass is 9.99. The van der Waals surface area contributed by atoms with Gasteiger partial charge in [-0.15, -0.1) is 11.3 Å². The Morgan fingerprint density at radius 1 is 1.22 bits per heavy atom. The van der Waals surface area contributed by atoms with Crippen molar-refractivity contribution >= 4 is 39.2 Å². The number of fused-ring (bicyclic) bond motifs is 1. The first-order valence-corrected chi connectivity index (χ1v) is 11.0. The number of thiazole rings is 1. The van der Waals surface area contributed by atoms with E-state index >= 15 is 0 Å². The van der Waals surface area contributed by atoms with Crippen LogP contribution >= 0.6 is 23.1 Å². The third-order valence-corrected chi connectivity index (χ3v) is 6.75. The fourth-order valence-electron chi connectivity index (χ4n) is 3.45. The van der Waals surface area contributed by atoms with Crippen molar-refractivity contribution < 1.29 is 4.79 Å². The van der Waals surface area contributed by atoms with Crippen LogP contribution in [-0.4, -0.2) is 44.6 Å². The summed E-state index contributed by atoms with van der Waals surface area (Å²) in [5.41, 5.74) is 2.93. The van der Waals surface area contributed by atoms with Crippen molar-refractivity contribution in [3.05, 3.63) is 46.7 Å². The van der Waals surface area contributed by atoms with E-state index in [1.54, 1.807) is 11.3 Å². The zero-order valence-corrected chi connectivity index (χ0v) is 17.1. The Morgan fingerprint density at radius 3 is 2.78 bits per heavy atom. The number of carbonyl (C=O) groups is 1. The number of likely N-dealkylation sites (tertiary alicyclic amines) is 1. The highest BCUT2D eigenvalue weighted by Crippen LogP contribution is 2.33. The van der Waals surface area contributed by atoms with E-state index in [0.29, 0.717) is 16.8 Å². The molecule has 7 heteroatoms. The highest BCUT2D eigenvalue weighted by atomic mass is 32.2. The molecule has 0 unspecified atom stereocenters. The fourth-order valence-corrected chi connectivity index (χ4v) is 5.39. The van der Waals surface area contributed by atoms with Gasteiger partial charge in [0.15, 0.2) is 5.16 Å². The maximum absolute atomic E-state index is 12.7. The summed E-state index contributed by atoms with van der Waals surface area (Å²) in [5, 5.41) is 1.83. The highest BCUT2D eigenvalue weighted by Gasteiger charge is 2.27. The number of rotatable bonds is 4. The third-order valence-electron chi connectivity index (χ3n) is 4.72. The molecule has 1 aliphatic heterocycles. The number of para-hydroxylation sites is 1. The number of benzene rings is 1. The topological polar surface area (TPSA) is 59.0 Å². The summed E-state index contributed by atoms with van der Waals surface area (Å²) in [7, 11) is 0. The van der Waals surface area contributed by atoms with Gasteiger partial charge in [0.2, 0.25) is 5.91 Å². The molecule has 0 radical (unpaired) electrons. The second kappa shape index (κ2) is 7.94. The molecule has 5 nitrogen and oxygen atoms in total. The Balaban J connectivity index is 1.40. The van der Waals surface area contributed by atoms with Crippen LogP contribution in [0.3, 0.4) is 0 Å². The predicted octanol–water partition coefficient (Wildman–Crippen LogP) is 4.20. The maximum Gasteiger partial charge on any atom is 0.233 e. The van der Waals surface area contributed by atoms with Gasteiger partial charge < -0.3 is 4.90 Å². The van der Waals surface area contributed by atoms with Gasteiger partial charge in [-0.25, -0.2) is 15.0 Å². The molecule has 1 atom stereocenters. The number of piperidine rings is 1. The van der Waals surface area contributed by atoms with Crippen molar-refractivity contribution in [2.24, 2.45) is 0 Å². The average Bonchev–Trinajstić information content (AvgIpc) is 3.10. The van der Waals surface area contributed by atoms with Crippen molar-refractivity contribution in [2.75, 3.05) is 18.8 Å². The van der Waals surface area contributed by atoms with Crippen molar-refractivity contribution in [2.45, 2.75) is 37.8 Å². The summed E-state index contributed by atoms with van der Waals surface area (Å²) >= 11 is 3.18. The quantitative estimate of drug-likeness (QED) is 0.487. The zero-order valence-electron chi connectivity index (χ0n) is 15.5. The summed E-state index contributed by atoms with van der Waals surface area (Å²) in [6.45, 7) is 5.49. The molecular weight excluding hydrogens is 376 g/mol. The molecule has 1 aliphatic rings. The van der Waals surface area contributed by atoms with Gasteiger partial charge >= 0.3 is 0 Å². The van der Waals surface area contributed by atoms with E-state index in [9.17, 15) is 4.79 Å². The minimum atomic E-state index is 0.161. The first-order chi connectivity index (χ1) is 13.1. The molecule has 0 spiro atoms. The van der Waals surface area contributed by atoms with Gasteiger partial charge in [0.25, 0.3) is 0 Å². The number of amides is 1. The third kappa shape index (κ3) is 4.30. The van der Waals surface area contributed by atoms with Crippen LogP contribution in [0.4, 0.5) is 0 Å². The van der Waals surface area contributed by atoms with Gasteiger partial charge in [0.05, 0.1) is 21.0 Å². The molecule has 1 fully saturated rings. The number of nitrogens with zero attached hydrogens (tertiary/aromatic N) is 4. The van der Waals surface area contributed by atoms with Crippen LogP contribution in [0, 0.1) is 13.8 Å². The summed E-state index contributed by atoms with van der Waals surface area (Å²) in [4.78, 5) is 28.3. The number of hydrogen-bond acceptors (Lipinski definition) is 6. The van der Waals surface area contributed by atoms with E-state index in [1.807, 2.05) is 36.9 Å². The first kappa shape index (κ1) is 18.4. The summed E-state index contributed by atoms with van der Waals surface area (Å²) < 4.78 is 1.22. The van der Waals surface area contributed by atoms with Gasteiger partial charge in [0.1, 0.15) is 0 Å². The van der Waals surface area contributed by atoms with Gasteiger partial charge in [-0.1, -0.05) is 23.9 Å². The molecule has 1 amide bonds. The van der Waals surface area contributed by atoms with Crippen molar-refractivity contribution in [1.82, 2.24) is 19.9 Å². The Morgan fingerprint density at radius 2 is 2.00 bits per heavy atom. The molecule has 0 N–H and O–H groups in total. The highest BCUT2D eigenvalue weighted by molar-refractivity contribution is 7.99. The molecule has 3 heterocycles. The van der Waals surface area contributed by atoms with Crippen LogP contribution in [0.15, 0.2) is 35.5 Å². The normalized spacial score (nSPS) is 17.4. The Kier molecular flexibility index (Phi) is 5.41. The monoisotopic (exact) mass is 398 g/mol. The molecular formula is C20H22N4OS2. The Labute approximate surface area is 167 Å². The van der Waals surface area contributed by atoms with Gasteiger partial charge in [-0.2, -0.15) is 0 Å². The SMILES string of the molecule is Cc1cc(C)nc(SCC(=O)N2CCC[C@@H](c3nc4ccccc4s3)C2)n1. The van der Waals surface area contributed by atoms with E-state index in [-0.39, 0.29) is 5.91 Å². The summed E-state index contributed by atoms with van der Waals surface area (Å²) in [6, 6.07) is 10.2. The van der Waals surface area contributed by atoms with Crippen LogP contribution in [0.25, 0.3) is 10.2 Å². The second-order valence-electron chi connectivity index (χ2n) is 6.92. The Bertz CT molecular complexity index is 918. The summed E-state index contributed by atoms with van der Waals surface area (Å²) in [5.74, 6) is 0.881. The number of thioether (sulfide) groups is 1. The molecule has 140 valence electrons. The van der Waals surface area contributed by atoms with Crippen molar-refractivity contribution in [3.63, 3.8) is 0 Å². The Hall–Kier alpha value is -1.99. The second-order valence-corrected chi connectivity index (χ2v) is 8.93. The largest absolute Gasteiger partial charge is 0.341 e. The molecule has 0 aliphatic carbocycles. The molecule has 27 heavy (non-hydrogen) atoms. The summed E-state index contributed by atoms with van der Waals surface area (Å²) in [6.07, 6.45) is 2.12. The lowest BCUT2D eigenvalue weighted by molar-refractivity contribution is -0.129. The smallest absolute Gasteiger partial charge is 0.233 e. The molecule has 1 aromatic carbocycles. The van der Waals surface area contributed by atoms with Gasteiger partial charge in [-0.3, -0.25) is 4.79 Å². The van der Waals surface area contributed by atoms with E-state index in [0.717, 1.165) is 47.8 Å². The fraction of sp³-hybridized carbons (Fsp3) is 0.400.